The lowest BCUT2D eigenvalue weighted by Gasteiger charge is -2.00. The van der Waals surface area contributed by atoms with Crippen LogP contribution in [0.2, 0.25) is 5.02 Å². The number of hydrogen-bond acceptors (Lipinski definition) is 1. The van der Waals surface area contributed by atoms with Crippen LogP contribution in [-0.2, 0) is 11.2 Å². The molecular formula is C8H5BrClNO. The van der Waals surface area contributed by atoms with Gasteiger partial charge in [0.1, 0.15) is 0 Å². The third kappa shape index (κ3) is 1.23. The van der Waals surface area contributed by atoms with Crippen molar-refractivity contribution in [1.29, 1.82) is 0 Å². The van der Waals surface area contributed by atoms with Crippen molar-refractivity contribution in [3.8, 4) is 0 Å². The molecule has 1 aromatic rings. The van der Waals surface area contributed by atoms with Crippen LogP contribution >= 0.6 is 27.5 Å². The maximum atomic E-state index is 11.0. The van der Waals surface area contributed by atoms with Crippen molar-refractivity contribution >= 4 is 39.1 Å². The van der Waals surface area contributed by atoms with E-state index in [0.717, 1.165) is 15.7 Å². The minimum absolute atomic E-state index is 0.0213. The summed E-state index contributed by atoms with van der Waals surface area (Å²) in [6.07, 6.45) is 0.438. The molecule has 62 valence electrons. The number of carbonyl (C=O) groups excluding carboxylic acids is 1. The molecule has 12 heavy (non-hydrogen) atoms. The number of halogens is 2. The summed E-state index contributed by atoms with van der Waals surface area (Å²) in [6.45, 7) is 0. The van der Waals surface area contributed by atoms with Crippen LogP contribution in [0.4, 0.5) is 5.69 Å². The summed E-state index contributed by atoms with van der Waals surface area (Å²) in [7, 11) is 0. The molecule has 2 rings (SSSR count). The Morgan fingerprint density at radius 3 is 3.00 bits per heavy atom. The zero-order chi connectivity index (χ0) is 8.72. The fraction of sp³-hybridized carbons (Fsp3) is 0.125. The third-order valence-corrected chi connectivity index (χ3v) is 2.70. The predicted molar refractivity (Wildman–Crippen MR) is 51.5 cm³/mol. The molecule has 1 amide bonds. The van der Waals surface area contributed by atoms with E-state index in [1.54, 1.807) is 12.1 Å². The van der Waals surface area contributed by atoms with Crippen molar-refractivity contribution in [2.75, 3.05) is 5.32 Å². The molecule has 4 heteroatoms. The van der Waals surface area contributed by atoms with E-state index in [1.807, 2.05) is 0 Å². The number of nitrogens with one attached hydrogen (secondary N) is 1. The zero-order valence-corrected chi connectivity index (χ0v) is 8.37. The number of carbonyl (C=O) groups is 1. The van der Waals surface area contributed by atoms with Gasteiger partial charge < -0.3 is 5.32 Å². The molecule has 0 radical (unpaired) electrons. The molecule has 0 unspecified atom stereocenters. The van der Waals surface area contributed by atoms with Gasteiger partial charge in [-0.05, 0) is 17.7 Å². The van der Waals surface area contributed by atoms with Gasteiger partial charge in [0.05, 0.1) is 6.42 Å². The van der Waals surface area contributed by atoms with Gasteiger partial charge in [0.15, 0.2) is 0 Å². The quantitative estimate of drug-likeness (QED) is 0.749. The molecule has 1 aliphatic rings. The van der Waals surface area contributed by atoms with Gasteiger partial charge in [-0.3, -0.25) is 4.79 Å². The van der Waals surface area contributed by atoms with E-state index < -0.39 is 0 Å². The summed E-state index contributed by atoms with van der Waals surface area (Å²) in [5.41, 5.74) is 1.81. The van der Waals surface area contributed by atoms with Crippen molar-refractivity contribution in [2.45, 2.75) is 6.42 Å². The van der Waals surface area contributed by atoms with Gasteiger partial charge in [-0.15, -0.1) is 0 Å². The molecule has 0 bridgehead atoms. The van der Waals surface area contributed by atoms with Crippen molar-refractivity contribution in [2.24, 2.45) is 0 Å². The van der Waals surface area contributed by atoms with Crippen molar-refractivity contribution in [1.82, 2.24) is 0 Å². The number of amides is 1. The van der Waals surface area contributed by atoms with Gasteiger partial charge in [0.2, 0.25) is 5.91 Å². The Morgan fingerprint density at radius 2 is 2.25 bits per heavy atom. The van der Waals surface area contributed by atoms with Gasteiger partial charge in [-0.2, -0.15) is 0 Å². The summed E-state index contributed by atoms with van der Waals surface area (Å²) in [5, 5.41) is 3.35. The second-order valence-corrected chi connectivity index (χ2v) is 3.93. The molecule has 0 spiro atoms. The summed E-state index contributed by atoms with van der Waals surface area (Å²) in [5.74, 6) is 0.0213. The number of anilines is 1. The van der Waals surface area contributed by atoms with Crippen LogP contribution in [-0.4, -0.2) is 5.91 Å². The normalized spacial score (nSPS) is 14.3. The molecule has 0 aromatic heterocycles. The maximum Gasteiger partial charge on any atom is 0.228 e. The number of rotatable bonds is 0. The number of benzene rings is 1. The Bertz CT molecular complexity index is 364. The minimum Gasteiger partial charge on any atom is -0.325 e. The molecule has 1 aromatic carbocycles. The first-order chi connectivity index (χ1) is 5.66. The predicted octanol–water partition coefficient (Wildman–Crippen LogP) is 2.60. The Labute approximate surface area is 83.0 Å². The lowest BCUT2D eigenvalue weighted by Crippen LogP contribution is -2.03. The molecule has 0 aliphatic carbocycles. The van der Waals surface area contributed by atoms with Crippen LogP contribution in [0.15, 0.2) is 16.6 Å². The van der Waals surface area contributed by atoms with Crippen LogP contribution in [0.3, 0.4) is 0 Å². The van der Waals surface area contributed by atoms with E-state index in [4.69, 9.17) is 11.6 Å². The van der Waals surface area contributed by atoms with Gasteiger partial charge in [-0.25, -0.2) is 0 Å². The summed E-state index contributed by atoms with van der Waals surface area (Å²) in [6, 6.07) is 3.55. The highest BCUT2D eigenvalue weighted by molar-refractivity contribution is 9.10. The SMILES string of the molecule is O=C1Cc2c(Br)cc(Cl)cc2N1. The lowest BCUT2D eigenvalue weighted by atomic mass is 10.2. The van der Waals surface area contributed by atoms with Gasteiger partial charge >= 0.3 is 0 Å². The second-order valence-electron chi connectivity index (χ2n) is 2.64. The van der Waals surface area contributed by atoms with E-state index in [9.17, 15) is 4.79 Å². The monoisotopic (exact) mass is 245 g/mol. The van der Waals surface area contributed by atoms with Crippen LogP contribution in [0.25, 0.3) is 0 Å². The van der Waals surface area contributed by atoms with E-state index >= 15 is 0 Å². The van der Waals surface area contributed by atoms with Crippen molar-refractivity contribution < 1.29 is 4.79 Å². The highest BCUT2D eigenvalue weighted by atomic mass is 79.9. The second kappa shape index (κ2) is 2.75. The van der Waals surface area contributed by atoms with Crippen LogP contribution in [0.1, 0.15) is 5.56 Å². The van der Waals surface area contributed by atoms with Crippen LogP contribution < -0.4 is 5.32 Å². The maximum absolute atomic E-state index is 11.0. The van der Waals surface area contributed by atoms with E-state index in [1.165, 1.54) is 0 Å². The molecule has 0 fully saturated rings. The van der Waals surface area contributed by atoms with E-state index in [2.05, 4.69) is 21.2 Å². The zero-order valence-electron chi connectivity index (χ0n) is 6.03. The van der Waals surface area contributed by atoms with Gasteiger partial charge in [0.25, 0.3) is 0 Å². The number of fused-ring (bicyclic) bond motifs is 1. The van der Waals surface area contributed by atoms with E-state index in [-0.39, 0.29) is 5.91 Å². The standard InChI is InChI=1S/C8H5BrClNO/c9-6-1-4(10)2-7-5(6)3-8(12)11-7/h1-2H,3H2,(H,11,12). The minimum atomic E-state index is 0.0213. The molecular weight excluding hydrogens is 241 g/mol. The Kier molecular flexibility index (Phi) is 1.85. The lowest BCUT2D eigenvalue weighted by molar-refractivity contribution is -0.115. The summed E-state index contributed by atoms with van der Waals surface area (Å²) < 4.78 is 0.892. The highest BCUT2D eigenvalue weighted by Crippen LogP contribution is 2.33. The Hall–Kier alpha value is -0.540. The molecule has 0 saturated heterocycles. The first-order valence-electron chi connectivity index (χ1n) is 3.44. The van der Waals surface area contributed by atoms with Gasteiger partial charge in [0, 0.05) is 15.2 Å². The van der Waals surface area contributed by atoms with Gasteiger partial charge in [-0.1, -0.05) is 27.5 Å². The molecule has 1 N–H and O–H groups in total. The smallest absolute Gasteiger partial charge is 0.228 e. The fourth-order valence-corrected chi connectivity index (χ4v) is 2.20. The first kappa shape index (κ1) is 8.08. The molecule has 1 aliphatic heterocycles. The first-order valence-corrected chi connectivity index (χ1v) is 4.61. The number of hydrogen-bond donors (Lipinski definition) is 1. The molecule has 2 nitrogen and oxygen atoms in total. The van der Waals surface area contributed by atoms with Crippen LogP contribution in [0, 0.1) is 0 Å². The topological polar surface area (TPSA) is 29.1 Å². The Balaban J connectivity index is 2.59. The van der Waals surface area contributed by atoms with Crippen molar-refractivity contribution in [3.05, 3.63) is 27.2 Å². The molecule has 0 saturated carbocycles. The van der Waals surface area contributed by atoms with Crippen molar-refractivity contribution in [3.63, 3.8) is 0 Å². The third-order valence-electron chi connectivity index (χ3n) is 1.77. The molecule has 0 atom stereocenters. The highest BCUT2D eigenvalue weighted by Gasteiger charge is 2.20. The summed E-state index contributed by atoms with van der Waals surface area (Å²) >= 11 is 9.14. The largest absolute Gasteiger partial charge is 0.325 e. The fourth-order valence-electron chi connectivity index (χ4n) is 1.25. The average molecular weight is 246 g/mol. The van der Waals surface area contributed by atoms with E-state index in [0.29, 0.717) is 11.4 Å². The Morgan fingerprint density at radius 1 is 1.50 bits per heavy atom. The molecule has 1 heterocycles. The summed E-state index contributed by atoms with van der Waals surface area (Å²) in [4.78, 5) is 11.0. The average Bonchev–Trinajstić information content (AvgIpc) is 2.29. The van der Waals surface area contributed by atoms with Crippen LogP contribution in [0.5, 0.6) is 0 Å².